The second-order valence-corrected chi connectivity index (χ2v) is 7.00. The van der Waals surface area contributed by atoms with Crippen molar-refractivity contribution in [2.75, 3.05) is 13.2 Å². The highest BCUT2D eigenvalue weighted by atomic mass is 32.2. The van der Waals surface area contributed by atoms with Crippen LogP contribution < -0.4 is 4.72 Å². The molecule has 1 aliphatic heterocycles. The minimum atomic E-state index is -3.27. The third-order valence-electron chi connectivity index (χ3n) is 3.66. The molecule has 0 bridgehead atoms. The molecule has 1 heterocycles. The Morgan fingerprint density at radius 3 is 2.74 bits per heavy atom. The Morgan fingerprint density at radius 1 is 1.37 bits per heavy atom. The van der Waals surface area contributed by atoms with Crippen LogP contribution >= 0.6 is 0 Å². The van der Waals surface area contributed by atoms with Crippen LogP contribution in [0.25, 0.3) is 0 Å². The zero-order valence-electron chi connectivity index (χ0n) is 11.4. The summed E-state index contributed by atoms with van der Waals surface area (Å²) in [6.07, 6.45) is 1.09. The van der Waals surface area contributed by atoms with Crippen molar-refractivity contribution in [1.29, 1.82) is 0 Å². The van der Waals surface area contributed by atoms with E-state index < -0.39 is 15.3 Å². The lowest BCUT2D eigenvalue weighted by atomic mass is 10.1. The molecule has 1 saturated heterocycles. The van der Waals surface area contributed by atoms with Crippen LogP contribution in [0.4, 0.5) is 0 Å². The number of hydrogen-bond donors (Lipinski definition) is 1. The smallest absolute Gasteiger partial charge is 0.217 e. The van der Waals surface area contributed by atoms with E-state index in [-0.39, 0.29) is 6.10 Å². The van der Waals surface area contributed by atoms with E-state index in [1.54, 1.807) is 0 Å². The zero-order valence-corrected chi connectivity index (χ0v) is 12.2. The molecule has 1 aromatic carbocycles. The van der Waals surface area contributed by atoms with Gasteiger partial charge in [-0.2, -0.15) is 0 Å². The SMILES string of the molecule is Cc1ccccc1CCNS(=O)(=O)[C@H]1CCO[C@@H]1C. The molecular formula is C14H21NO3S. The van der Waals surface area contributed by atoms with Crippen molar-refractivity contribution in [3.05, 3.63) is 35.4 Å². The van der Waals surface area contributed by atoms with Gasteiger partial charge < -0.3 is 4.74 Å². The summed E-state index contributed by atoms with van der Waals surface area (Å²) in [6.45, 7) is 4.83. The topological polar surface area (TPSA) is 55.4 Å². The van der Waals surface area contributed by atoms with E-state index in [1.807, 2.05) is 38.1 Å². The Labute approximate surface area is 115 Å². The van der Waals surface area contributed by atoms with Gasteiger partial charge in [0.15, 0.2) is 0 Å². The molecule has 0 spiro atoms. The lowest BCUT2D eigenvalue weighted by molar-refractivity contribution is 0.126. The molecule has 1 aromatic rings. The van der Waals surface area contributed by atoms with Gasteiger partial charge >= 0.3 is 0 Å². The molecule has 2 rings (SSSR count). The van der Waals surface area contributed by atoms with Crippen LogP contribution in [0.2, 0.25) is 0 Å². The summed E-state index contributed by atoms with van der Waals surface area (Å²) >= 11 is 0. The van der Waals surface area contributed by atoms with E-state index in [1.165, 1.54) is 11.1 Å². The van der Waals surface area contributed by atoms with Gasteiger partial charge in [-0.3, -0.25) is 0 Å². The van der Waals surface area contributed by atoms with E-state index in [9.17, 15) is 8.42 Å². The van der Waals surface area contributed by atoms with Crippen molar-refractivity contribution in [2.24, 2.45) is 0 Å². The standard InChI is InChI=1S/C14H21NO3S/c1-11-5-3-4-6-13(11)7-9-15-19(16,17)14-8-10-18-12(14)2/h3-6,12,14-15H,7-10H2,1-2H3/t12-,14+/m1/s1. The Morgan fingerprint density at radius 2 is 2.11 bits per heavy atom. The lowest BCUT2D eigenvalue weighted by Gasteiger charge is -2.16. The Bertz CT molecular complexity index is 527. The molecule has 0 saturated carbocycles. The fourth-order valence-corrected chi connectivity index (χ4v) is 4.04. The normalized spacial score (nSPS) is 23.7. The molecule has 0 radical (unpaired) electrons. The predicted octanol–water partition coefficient (Wildman–Crippen LogP) is 1.63. The van der Waals surface area contributed by atoms with Gasteiger partial charge in [-0.1, -0.05) is 24.3 Å². The fraction of sp³-hybridized carbons (Fsp3) is 0.571. The van der Waals surface area contributed by atoms with Crippen LogP contribution in [-0.4, -0.2) is 32.9 Å². The van der Waals surface area contributed by atoms with Crippen LogP contribution in [0.15, 0.2) is 24.3 Å². The summed E-state index contributed by atoms with van der Waals surface area (Å²) < 4.78 is 32.3. The van der Waals surface area contributed by atoms with Crippen LogP contribution in [0.1, 0.15) is 24.5 Å². The molecule has 1 aliphatic rings. The van der Waals surface area contributed by atoms with Gasteiger partial charge in [-0.15, -0.1) is 0 Å². The van der Waals surface area contributed by atoms with E-state index in [2.05, 4.69) is 4.72 Å². The van der Waals surface area contributed by atoms with Crippen LogP contribution in [0, 0.1) is 6.92 Å². The second-order valence-electron chi connectivity index (χ2n) is 5.02. The number of aryl methyl sites for hydroxylation is 1. The van der Waals surface area contributed by atoms with E-state index in [0.29, 0.717) is 26.0 Å². The average molecular weight is 283 g/mol. The average Bonchev–Trinajstić information content (AvgIpc) is 2.79. The van der Waals surface area contributed by atoms with Crippen molar-refractivity contribution in [1.82, 2.24) is 4.72 Å². The number of ether oxygens (including phenoxy) is 1. The molecule has 2 atom stereocenters. The van der Waals surface area contributed by atoms with Gasteiger partial charge in [0.2, 0.25) is 10.0 Å². The highest BCUT2D eigenvalue weighted by Crippen LogP contribution is 2.19. The Balaban J connectivity index is 1.90. The van der Waals surface area contributed by atoms with Crippen molar-refractivity contribution in [3.63, 3.8) is 0 Å². The molecule has 4 nitrogen and oxygen atoms in total. The highest BCUT2D eigenvalue weighted by Gasteiger charge is 2.35. The minimum absolute atomic E-state index is 0.212. The van der Waals surface area contributed by atoms with Gasteiger partial charge in [0.05, 0.1) is 6.10 Å². The van der Waals surface area contributed by atoms with Gasteiger partial charge in [0.1, 0.15) is 5.25 Å². The van der Waals surface area contributed by atoms with Crippen molar-refractivity contribution < 1.29 is 13.2 Å². The second kappa shape index (κ2) is 6.03. The van der Waals surface area contributed by atoms with Gasteiger partial charge in [-0.05, 0) is 37.8 Å². The zero-order chi connectivity index (χ0) is 13.9. The number of rotatable bonds is 5. The quantitative estimate of drug-likeness (QED) is 0.893. The van der Waals surface area contributed by atoms with E-state index in [4.69, 9.17) is 4.74 Å². The highest BCUT2D eigenvalue weighted by molar-refractivity contribution is 7.90. The number of benzene rings is 1. The summed E-state index contributed by atoms with van der Waals surface area (Å²) in [5.41, 5.74) is 2.38. The number of hydrogen-bond acceptors (Lipinski definition) is 3. The predicted molar refractivity (Wildman–Crippen MR) is 75.6 cm³/mol. The lowest BCUT2D eigenvalue weighted by Crippen LogP contribution is -2.39. The third-order valence-corrected chi connectivity index (χ3v) is 5.69. The van der Waals surface area contributed by atoms with Crippen LogP contribution in [0.5, 0.6) is 0 Å². The monoisotopic (exact) mass is 283 g/mol. The largest absolute Gasteiger partial charge is 0.377 e. The van der Waals surface area contributed by atoms with Gasteiger partial charge in [-0.25, -0.2) is 13.1 Å². The molecule has 0 aliphatic carbocycles. The molecule has 0 amide bonds. The molecule has 0 aromatic heterocycles. The first-order chi connectivity index (χ1) is 9.00. The molecular weight excluding hydrogens is 262 g/mol. The maximum Gasteiger partial charge on any atom is 0.217 e. The summed E-state index contributed by atoms with van der Waals surface area (Å²) in [5, 5.41) is -0.413. The Hall–Kier alpha value is -0.910. The van der Waals surface area contributed by atoms with Crippen molar-refractivity contribution >= 4 is 10.0 Å². The van der Waals surface area contributed by atoms with Gasteiger partial charge in [0, 0.05) is 13.2 Å². The maximum absolute atomic E-state index is 12.1. The summed E-state index contributed by atoms with van der Waals surface area (Å²) in [7, 11) is -3.27. The Kier molecular flexibility index (Phi) is 4.60. The molecule has 106 valence electrons. The summed E-state index contributed by atoms with van der Waals surface area (Å²) in [6, 6.07) is 8.03. The molecule has 1 fully saturated rings. The fourth-order valence-electron chi connectivity index (χ4n) is 2.45. The van der Waals surface area contributed by atoms with E-state index in [0.717, 1.165) is 0 Å². The molecule has 19 heavy (non-hydrogen) atoms. The van der Waals surface area contributed by atoms with E-state index >= 15 is 0 Å². The molecule has 1 N–H and O–H groups in total. The first kappa shape index (κ1) is 14.5. The summed E-state index contributed by atoms with van der Waals surface area (Å²) in [5.74, 6) is 0. The maximum atomic E-state index is 12.1. The molecule has 0 unspecified atom stereocenters. The summed E-state index contributed by atoms with van der Waals surface area (Å²) in [4.78, 5) is 0. The van der Waals surface area contributed by atoms with Crippen LogP contribution in [-0.2, 0) is 21.2 Å². The van der Waals surface area contributed by atoms with Crippen molar-refractivity contribution in [3.8, 4) is 0 Å². The first-order valence-corrected chi connectivity index (χ1v) is 8.20. The first-order valence-electron chi connectivity index (χ1n) is 6.65. The minimum Gasteiger partial charge on any atom is -0.377 e. The molecule has 5 heteroatoms. The van der Waals surface area contributed by atoms with Gasteiger partial charge in [0.25, 0.3) is 0 Å². The number of nitrogens with one attached hydrogen (secondary N) is 1. The number of sulfonamides is 1. The van der Waals surface area contributed by atoms with Crippen molar-refractivity contribution in [2.45, 2.75) is 38.0 Å². The van der Waals surface area contributed by atoms with Crippen LogP contribution in [0.3, 0.4) is 0 Å². The third kappa shape index (κ3) is 3.55.